The van der Waals surface area contributed by atoms with Gasteiger partial charge in [-0.1, -0.05) is 114 Å². The average Bonchev–Trinajstić information content (AvgIpc) is 2.91. The van der Waals surface area contributed by atoms with Gasteiger partial charge in [0.15, 0.2) is 0 Å². The molecule has 8 nitrogen and oxygen atoms in total. The highest BCUT2D eigenvalue weighted by Gasteiger charge is 2.15. The van der Waals surface area contributed by atoms with Crippen molar-refractivity contribution < 1.29 is 27.1 Å². The number of quaternary nitrogens is 1. The normalized spacial score (nSPS) is 11.6. The summed E-state index contributed by atoms with van der Waals surface area (Å²) in [5.74, 6) is 0. The quantitative estimate of drug-likeness (QED) is 0.0530. The first-order valence-corrected chi connectivity index (χ1v) is 16.1. The van der Waals surface area contributed by atoms with Crippen molar-refractivity contribution >= 4 is 15.8 Å². The Morgan fingerprint density at radius 2 is 1.32 bits per heavy atom. The Kier molecular flexibility index (Phi) is 18.3. The first-order chi connectivity index (χ1) is 19.0. The maximum Gasteiger partial charge on any atom is 0.270 e. The van der Waals surface area contributed by atoms with E-state index in [9.17, 15) is 23.1 Å². The van der Waals surface area contributed by atoms with Crippen LogP contribution in [0.2, 0.25) is 0 Å². The topological polar surface area (TPSA) is 110 Å². The molecular weight excluding hydrogens is 528 g/mol. The first-order valence-electron chi connectivity index (χ1n) is 14.7. The summed E-state index contributed by atoms with van der Waals surface area (Å²) >= 11 is 0. The standard InChI is InChI=1S/C25H46NO.C6H5NO5S/c1-4-5-6-7-8-9-10-11-12-13-14-18-22-27-23-21-26(2,3)24-25-19-16-15-17-20-25;8-7(9)5-2-1-3-6(4-5)13(10,11)12/h15-17,19-20H,4-14,18,21-24H2,1-3H3;1-4H,(H,10,11,12)/q+1;/p-1. The van der Waals surface area contributed by atoms with Gasteiger partial charge in [0.1, 0.15) is 23.2 Å². The van der Waals surface area contributed by atoms with Crippen LogP contribution < -0.4 is 0 Å². The number of nitro groups is 1. The summed E-state index contributed by atoms with van der Waals surface area (Å²) < 4.78 is 38.2. The molecule has 0 unspecified atom stereocenters. The number of nitrogens with zero attached hydrogens (tertiary/aromatic N) is 2. The summed E-state index contributed by atoms with van der Waals surface area (Å²) in [7, 11) is -0.0296. The van der Waals surface area contributed by atoms with Gasteiger partial charge in [-0.15, -0.1) is 0 Å². The van der Waals surface area contributed by atoms with Crippen molar-refractivity contribution in [3.8, 4) is 0 Å². The van der Waals surface area contributed by atoms with Crippen LogP contribution in [0.5, 0.6) is 0 Å². The summed E-state index contributed by atoms with van der Waals surface area (Å²) in [5, 5.41) is 10.2. The highest BCUT2D eigenvalue weighted by atomic mass is 32.2. The van der Waals surface area contributed by atoms with Gasteiger partial charge in [0.05, 0.1) is 30.5 Å². The van der Waals surface area contributed by atoms with E-state index >= 15 is 0 Å². The predicted octanol–water partition coefficient (Wildman–Crippen LogP) is 7.48. The summed E-state index contributed by atoms with van der Waals surface area (Å²) in [6, 6.07) is 14.7. The minimum atomic E-state index is -4.61. The molecule has 0 aliphatic rings. The van der Waals surface area contributed by atoms with Crippen LogP contribution in [-0.2, 0) is 21.4 Å². The molecule has 0 radical (unpaired) electrons. The Balaban J connectivity index is 0.000000512. The average molecular weight is 579 g/mol. The number of non-ortho nitro benzene ring substituents is 1. The van der Waals surface area contributed by atoms with Gasteiger partial charge in [0, 0.05) is 24.3 Å². The fraction of sp³-hybridized carbons (Fsp3) is 0.613. The second kappa shape index (κ2) is 20.5. The smallest absolute Gasteiger partial charge is 0.270 e. The number of hydrogen-bond acceptors (Lipinski definition) is 6. The van der Waals surface area contributed by atoms with Crippen LogP contribution in [0.3, 0.4) is 0 Å². The lowest BCUT2D eigenvalue weighted by Gasteiger charge is -2.29. The number of benzene rings is 2. The third-order valence-electron chi connectivity index (χ3n) is 6.75. The van der Waals surface area contributed by atoms with Crippen molar-refractivity contribution in [1.29, 1.82) is 0 Å². The lowest BCUT2D eigenvalue weighted by atomic mass is 10.1. The first kappa shape index (κ1) is 35.7. The van der Waals surface area contributed by atoms with Crippen LogP contribution in [0.25, 0.3) is 0 Å². The van der Waals surface area contributed by atoms with Gasteiger partial charge in [-0.3, -0.25) is 10.1 Å². The van der Waals surface area contributed by atoms with Gasteiger partial charge < -0.3 is 13.8 Å². The lowest BCUT2D eigenvalue weighted by Crippen LogP contribution is -2.41. The van der Waals surface area contributed by atoms with Gasteiger partial charge in [0.25, 0.3) is 5.69 Å². The van der Waals surface area contributed by atoms with Gasteiger partial charge >= 0.3 is 0 Å². The van der Waals surface area contributed by atoms with Crippen molar-refractivity contribution in [2.45, 2.75) is 95.4 Å². The van der Waals surface area contributed by atoms with E-state index in [-0.39, 0.29) is 0 Å². The molecule has 0 amide bonds. The zero-order valence-corrected chi connectivity index (χ0v) is 25.6. The zero-order valence-electron chi connectivity index (χ0n) is 24.8. The fourth-order valence-electron chi connectivity index (χ4n) is 4.37. The second-order valence-electron chi connectivity index (χ2n) is 11.0. The van der Waals surface area contributed by atoms with E-state index in [1.54, 1.807) is 0 Å². The number of rotatable bonds is 20. The molecule has 0 aliphatic heterocycles. The Bertz CT molecular complexity index is 1040. The molecule has 0 fully saturated rings. The van der Waals surface area contributed by atoms with E-state index in [0.717, 1.165) is 55.1 Å². The molecule has 2 aromatic carbocycles. The monoisotopic (exact) mass is 578 g/mol. The predicted molar refractivity (Wildman–Crippen MR) is 160 cm³/mol. The van der Waals surface area contributed by atoms with Crippen LogP contribution in [0.4, 0.5) is 5.69 Å². The third-order valence-corrected chi connectivity index (χ3v) is 7.59. The van der Waals surface area contributed by atoms with Gasteiger partial charge in [0.2, 0.25) is 0 Å². The molecule has 0 N–H and O–H groups in total. The molecule has 2 rings (SSSR count). The molecule has 226 valence electrons. The highest BCUT2D eigenvalue weighted by Crippen LogP contribution is 2.16. The Morgan fingerprint density at radius 3 is 1.85 bits per heavy atom. The molecule has 0 atom stereocenters. The largest absolute Gasteiger partial charge is 0.744 e. The third kappa shape index (κ3) is 18.1. The number of ether oxygens (including phenoxy) is 1. The van der Waals surface area contributed by atoms with E-state index in [4.69, 9.17) is 4.74 Å². The minimum absolute atomic E-state index is 0.420. The number of unbranched alkanes of at least 4 members (excludes halogenated alkanes) is 11. The maximum absolute atomic E-state index is 10.4. The van der Waals surface area contributed by atoms with Gasteiger partial charge in [-0.2, -0.15) is 0 Å². The van der Waals surface area contributed by atoms with E-state index in [1.807, 2.05) is 0 Å². The molecule has 0 saturated carbocycles. The van der Waals surface area contributed by atoms with Crippen molar-refractivity contribution in [1.82, 2.24) is 0 Å². The summed E-state index contributed by atoms with van der Waals surface area (Å²) in [5.41, 5.74) is 0.986. The molecule has 2 aromatic rings. The van der Waals surface area contributed by atoms with Crippen LogP contribution in [-0.4, -0.2) is 56.2 Å². The number of likely N-dealkylation sites (N-methyl/N-ethyl adjacent to an activating group) is 1. The highest BCUT2D eigenvalue weighted by molar-refractivity contribution is 7.85. The molecule has 0 aromatic heterocycles. The van der Waals surface area contributed by atoms with Crippen LogP contribution >= 0.6 is 0 Å². The summed E-state index contributed by atoms with van der Waals surface area (Å²) in [4.78, 5) is 8.82. The Labute approximate surface area is 242 Å². The lowest BCUT2D eigenvalue weighted by molar-refractivity contribution is -0.904. The molecule has 0 heterocycles. The Morgan fingerprint density at radius 1 is 0.775 bits per heavy atom. The summed E-state index contributed by atoms with van der Waals surface area (Å²) in [6.07, 6.45) is 16.8. The van der Waals surface area contributed by atoms with Crippen LogP contribution in [0.15, 0.2) is 59.5 Å². The number of nitro benzene ring substituents is 1. The van der Waals surface area contributed by atoms with Gasteiger partial charge in [-0.05, 0) is 12.5 Å². The molecule has 0 bridgehead atoms. The molecular formula is C31H50N2O6S. The Hall–Kier alpha value is -2.33. The van der Waals surface area contributed by atoms with E-state index in [0.29, 0.717) is 0 Å². The summed E-state index contributed by atoms with van der Waals surface area (Å²) in [6.45, 7) is 6.24. The minimum Gasteiger partial charge on any atom is -0.744 e. The van der Waals surface area contributed by atoms with Crippen LogP contribution in [0.1, 0.15) is 89.5 Å². The molecule has 0 saturated heterocycles. The molecule has 9 heteroatoms. The van der Waals surface area contributed by atoms with E-state index in [1.165, 1.54) is 82.6 Å². The fourth-order valence-corrected chi connectivity index (χ4v) is 4.88. The SMILES string of the molecule is CCCCCCCCCCCCCCOCC[N+](C)(C)Cc1ccccc1.O=[N+]([O-])c1cccc(S(=O)(=O)[O-])c1. The van der Waals surface area contributed by atoms with E-state index < -0.39 is 25.6 Å². The van der Waals surface area contributed by atoms with E-state index in [2.05, 4.69) is 51.4 Å². The maximum atomic E-state index is 10.4. The zero-order chi connectivity index (χ0) is 29.7. The van der Waals surface area contributed by atoms with Gasteiger partial charge in [-0.25, -0.2) is 8.42 Å². The van der Waals surface area contributed by atoms with Crippen molar-refractivity contribution in [2.75, 3.05) is 33.9 Å². The number of hydrogen-bond donors (Lipinski definition) is 0. The van der Waals surface area contributed by atoms with Crippen molar-refractivity contribution in [3.05, 3.63) is 70.3 Å². The molecule has 40 heavy (non-hydrogen) atoms. The molecule has 0 aliphatic carbocycles. The van der Waals surface area contributed by atoms with Crippen molar-refractivity contribution in [3.63, 3.8) is 0 Å². The second-order valence-corrected chi connectivity index (χ2v) is 12.4. The van der Waals surface area contributed by atoms with Crippen LogP contribution in [0, 0.1) is 10.1 Å². The van der Waals surface area contributed by atoms with Crippen molar-refractivity contribution in [2.24, 2.45) is 0 Å². The molecule has 0 spiro atoms.